The van der Waals surface area contributed by atoms with Gasteiger partial charge >= 0.3 is 0 Å². The summed E-state index contributed by atoms with van der Waals surface area (Å²) < 4.78 is 0. The van der Waals surface area contributed by atoms with Gasteiger partial charge in [0.1, 0.15) is 0 Å². The smallest absolute Gasteiger partial charge is 0.230 e. The van der Waals surface area contributed by atoms with Gasteiger partial charge in [-0.15, -0.1) is 11.8 Å². The van der Waals surface area contributed by atoms with Gasteiger partial charge in [-0.3, -0.25) is 4.79 Å². The first kappa shape index (κ1) is 15.1. The molecule has 0 bridgehead atoms. The second kappa shape index (κ2) is 9.00. The Balaban J connectivity index is 2.10. The molecule has 1 atom stereocenters. The molecular formula is C14H21NO2S. The minimum Gasteiger partial charge on any atom is -0.391 e. The molecule has 0 aliphatic heterocycles. The Hall–Kier alpha value is -1.00. The molecule has 2 N–H and O–H groups in total. The van der Waals surface area contributed by atoms with Gasteiger partial charge in [0, 0.05) is 12.3 Å². The second-order valence-electron chi connectivity index (χ2n) is 4.22. The SMILES string of the molecule is CCCC(O)CNC(=O)CSCc1ccccc1. The van der Waals surface area contributed by atoms with Crippen molar-refractivity contribution in [3.05, 3.63) is 35.9 Å². The van der Waals surface area contributed by atoms with Crippen molar-refractivity contribution in [3.63, 3.8) is 0 Å². The highest BCUT2D eigenvalue weighted by Crippen LogP contribution is 2.10. The van der Waals surface area contributed by atoms with Crippen molar-refractivity contribution in [2.45, 2.75) is 31.6 Å². The number of rotatable bonds is 8. The van der Waals surface area contributed by atoms with Crippen molar-refractivity contribution in [2.75, 3.05) is 12.3 Å². The number of carbonyl (C=O) groups excluding carboxylic acids is 1. The van der Waals surface area contributed by atoms with E-state index in [1.54, 1.807) is 11.8 Å². The summed E-state index contributed by atoms with van der Waals surface area (Å²) in [6.07, 6.45) is 1.25. The maximum absolute atomic E-state index is 11.5. The first-order chi connectivity index (χ1) is 8.72. The van der Waals surface area contributed by atoms with Crippen LogP contribution in [0.1, 0.15) is 25.3 Å². The highest BCUT2D eigenvalue weighted by molar-refractivity contribution is 7.99. The van der Waals surface area contributed by atoms with Crippen LogP contribution in [0, 0.1) is 0 Å². The molecule has 18 heavy (non-hydrogen) atoms. The zero-order valence-electron chi connectivity index (χ0n) is 10.8. The Morgan fingerprint density at radius 3 is 2.78 bits per heavy atom. The fourth-order valence-corrected chi connectivity index (χ4v) is 2.37. The van der Waals surface area contributed by atoms with Crippen LogP contribution in [0.15, 0.2) is 30.3 Å². The van der Waals surface area contributed by atoms with E-state index in [0.29, 0.717) is 12.3 Å². The molecule has 1 unspecified atom stereocenters. The van der Waals surface area contributed by atoms with Gasteiger partial charge in [0.25, 0.3) is 0 Å². The quantitative estimate of drug-likeness (QED) is 0.759. The van der Waals surface area contributed by atoms with Crippen LogP contribution in [0.5, 0.6) is 0 Å². The highest BCUT2D eigenvalue weighted by atomic mass is 32.2. The summed E-state index contributed by atoms with van der Waals surface area (Å²) in [5, 5.41) is 12.2. The Bertz CT molecular complexity index is 343. The predicted molar refractivity (Wildman–Crippen MR) is 76.5 cm³/mol. The first-order valence-electron chi connectivity index (χ1n) is 6.28. The first-order valence-corrected chi connectivity index (χ1v) is 7.44. The standard InChI is InChI=1S/C14H21NO2S/c1-2-6-13(16)9-15-14(17)11-18-10-12-7-4-3-5-8-12/h3-5,7-8,13,16H,2,6,9-11H2,1H3,(H,15,17). The fraction of sp³-hybridized carbons (Fsp3) is 0.500. The number of amides is 1. The van der Waals surface area contributed by atoms with Crippen LogP contribution in [0.2, 0.25) is 0 Å². The van der Waals surface area contributed by atoms with Gasteiger partial charge in [0.05, 0.1) is 11.9 Å². The van der Waals surface area contributed by atoms with Crippen LogP contribution in [-0.4, -0.2) is 29.4 Å². The summed E-state index contributed by atoms with van der Waals surface area (Å²) in [7, 11) is 0. The van der Waals surface area contributed by atoms with Crippen LogP contribution >= 0.6 is 11.8 Å². The van der Waals surface area contributed by atoms with E-state index in [1.807, 2.05) is 25.1 Å². The molecule has 1 aromatic carbocycles. The summed E-state index contributed by atoms with van der Waals surface area (Å²) in [5.74, 6) is 1.27. The number of thioether (sulfide) groups is 1. The van der Waals surface area contributed by atoms with E-state index < -0.39 is 6.10 Å². The number of aliphatic hydroxyl groups is 1. The van der Waals surface area contributed by atoms with E-state index in [2.05, 4.69) is 17.4 Å². The third-order valence-electron chi connectivity index (χ3n) is 2.50. The lowest BCUT2D eigenvalue weighted by Crippen LogP contribution is -2.33. The molecule has 0 aliphatic carbocycles. The summed E-state index contributed by atoms with van der Waals surface area (Å²) in [6, 6.07) is 10.1. The third-order valence-corrected chi connectivity index (χ3v) is 3.51. The predicted octanol–water partition coefficient (Wildman–Crippen LogP) is 2.20. The molecule has 0 saturated carbocycles. The van der Waals surface area contributed by atoms with Gasteiger partial charge in [0.2, 0.25) is 5.91 Å². The van der Waals surface area contributed by atoms with Crippen LogP contribution in [-0.2, 0) is 10.5 Å². The lowest BCUT2D eigenvalue weighted by Gasteiger charge is -2.10. The average molecular weight is 267 g/mol. The Labute approximate surface area is 113 Å². The van der Waals surface area contributed by atoms with Gasteiger partial charge in [-0.1, -0.05) is 43.7 Å². The van der Waals surface area contributed by atoms with E-state index in [4.69, 9.17) is 0 Å². The topological polar surface area (TPSA) is 49.3 Å². The summed E-state index contributed by atoms with van der Waals surface area (Å²) in [6.45, 7) is 2.37. The molecular weight excluding hydrogens is 246 g/mol. The van der Waals surface area contributed by atoms with E-state index in [0.717, 1.165) is 18.6 Å². The van der Waals surface area contributed by atoms with Gasteiger partial charge in [-0.05, 0) is 12.0 Å². The van der Waals surface area contributed by atoms with Crippen LogP contribution in [0.25, 0.3) is 0 Å². The van der Waals surface area contributed by atoms with Crippen molar-refractivity contribution in [1.82, 2.24) is 5.32 Å². The average Bonchev–Trinajstić information content (AvgIpc) is 2.38. The van der Waals surface area contributed by atoms with Crippen molar-refractivity contribution in [1.29, 1.82) is 0 Å². The molecule has 0 radical (unpaired) electrons. The van der Waals surface area contributed by atoms with Crippen molar-refractivity contribution < 1.29 is 9.90 Å². The van der Waals surface area contributed by atoms with E-state index in [1.165, 1.54) is 5.56 Å². The van der Waals surface area contributed by atoms with Crippen molar-refractivity contribution in [3.8, 4) is 0 Å². The molecule has 1 aromatic rings. The van der Waals surface area contributed by atoms with Crippen molar-refractivity contribution >= 4 is 17.7 Å². The van der Waals surface area contributed by atoms with E-state index in [-0.39, 0.29) is 5.91 Å². The molecule has 0 aliphatic rings. The number of benzene rings is 1. The maximum Gasteiger partial charge on any atom is 0.230 e. The third kappa shape index (κ3) is 6.67. The maximum atomic E-state index is 11.5. The number of carbonyl (C=O) groups is 1. The van der Waals surface area contributed by atoms with Gasteiger partial charge in [-0.2, -0.15) is 0 Å². The molecule has 0 aromatic heterocycles. The van der Waals surface area contributed by atoms with Gasteiger partial charge in [0.15, 0.2) is 0 Å². The van der Waals surface area contributed by atoms with Crippen LogP contribution in [0.4, 0.5) is 0 Å². The van der Waals surface area contributed by atoms with E-state index in [9.17, 15) is 9.90 Å². The molecule has 1 rings (SSSR count). The molecule has 0 fully saturated rings. The zero-order chi connectivity index (χ0) is 13.2. The summed E-state index contributed by atoms with van der Waals surface area (Å²) in [4.78, 5) is 11.5. The number of hydrogen-bond acceptors (Lipinski definition) is 3. The molecule has 100 valence electrons. The Kier molecular flexibility index (Phi) is 7.53. The van der Waals surface area contributed by atoms with Gasteiger partial charge in [-0.25, -0.2) is 0 Å². The minimum absolute atomic E-state index is 0.00826. The fourth-order valence-electron chi connectivity index (χ4n) is 1.55. The normalized spacial score (nSPS) is 12.1. The number of nitrogens with one attached hydrogen (secondary N) is 1. The Morgan fingerprint density at radius 1 is 1.39 bits per heavy atom. The lowest BCUT2D eigenvalue weighted by molar-refractivity contribution is -0.119. The monoisotopic (exact) mass is 267 g/mol. The van der Waals surface area contributed by atoms with Crippen LogP contribution in [0.3, 0.4) is 0 Å². The Morgan fingerprint density at radius 2 is 2.11 bits per heavy atom. The summed E-state index contributed by atoms with van der Waals surface area (Å²) in [5.41, 5.74) is 1.22. The molecule has 0 spiro atoms. The molecule has 0 heterocycles. The largest absolute Gasteiger partial charge is 0.391 e. The summed E-state index contributed by atoms with van der Waals surface area (Å²) >= 11 is 1.59. The molecule has 1 amide bonds. The minimum atomic E-state index is -0.418. The molecule has 4 heteroatoms. The molecule has 3 nitrogen and oxygen atoms in total. The zero-order valence-corrected chi connectivity index (χ0v) is 11.6. The number of aliphatic hydroxyl groups excluding tert-OH is 1. The lowest BCUT2D eigenvalue weighted by atomic mass is 10.2. The van der Waals surface area contributed by atoms with Crippen molar-refractivity contribution in [2.24, 2.45) is 0 Å². The van der Waals surface area contributed by atoms with Crippen LogP contribution < -0.4 is 5.32 Å². The highest BCUT2D eigenvalue weighted by Gasteiger charge is 2.06. The van der Waals surface area contributed by atoms with E-state index >= 15 is 0 Å². The van der Waals surface area contributed by atoms with Gasteiger partial charge < -0.3 is 10.4 Å². The number of hydrogen-bond donors (Lipinski definition) is 2. The second-order valence-corrected chi connectivity index (χ2v) is 5.21. The molecule has 0 saturated heterocycles.